The van der Waals surface area contributed by atoms with Crippen molar-refractivity contribution in [3.05, 3.63) is 12.2 Å². The molecule has 0 aromatic heterocycles. The minimum atomic E-state index is -0.655. The zero-order valence-corrected chi connectivity index (χ0v) is 22.0. The Kier molecular flexibility index (Phi) is 28.5. The summed E-state index contributed by atoms with van der Waals surface area (Å²) in [5.41, 5.74) is 0. The van der Waals surface area contributed by atoms with Crippen LogP contribution in [-0.4, -0.2) is 22.8 Å². The number of carboxylic acids is 1. The van der Waals surface area contributed by atoms with Crippen molar-refractivity contribution < 1.29 is 15.0 Å². The predicted molar refractivity (Wildman–Crippen MR) is 144 cm³/mol. The Labute approximate surface area is 206 Å². The van der Waals surface area contributed by atoms with E-state index in [1.807, 2.05) is 0 Å². The Morgan fingerprint density at radius 2 is 0.697 bits per heavy atom. The number of hydrogen-bond donors (Lipinski definition) is 2. The van der Waals surface area contributed by atoms with Crippen molar-refractivity contribution in [1.82, 2.24) is 0 Å². The lowest BCUT2D eigenvalue weighted by atomic mass is 10.0. The maximum Gasteiger partial charge on any atom is 0.303 e. The Hall–Kier alpha value is -0.830. The summed E-state index contributed by atoms with van der Waals surface area (Å²) in [5, 5.41) is 17.4. The largest absolute Gasteiger partial charge is 0.481 e. The molecular weight excluding hydrogens is 408 g/mol. The molecule has 0 aromatic carbocycles. The maximum atomic E-state index is 10.4. The number of aliphatic hydroxyl groups is 1. The highest BCUT2D eigenvalue weighted by atomic mass is 16.4. The van der Waals surface area contributed by atoms with Gasteiger partial charge in [-0.3, -0.25) is 4.79 Å². The number of hydrogen-bond acceptors (Lipinski definition) is 2. The number of allylic oxidation sites excluding steroid dienone is 2. The molecule has 0 aliphatic rings. The van der Waals surface area contributed by atoms with Crippen LogP contribution >= 0.6 is 0 Å². The highest BCUT2D eigenvalue weighted by Crippen LogP contribution is 2.15. The summed E-state index contributed by atoms with van der Waals surface area (Å²) in [6.07, 6.45) is 37.7. The van der Waals surface area contributed by atoms with Gasteiger partial charge < -0.3 is 10.2 Å². The monoisotopic (exact) mass is 466 g/mol. The van der Waals surface area contributed by atoms with Gasteiger partial charge in [-0.05, 0) is 38.5 Å². The summed E-state index contributed by atoms with van der Waals surface area (Å²) >= 11 is 0. The second kappa shape index (κ2) is 29.2. The number of unbranched alkanes of at least 4 members (excludes halogenated alkanes) is 23. The zero-order valence-electron chi connectivity index (χ0n) is 22.0. The number of rotatable bonds is 28. The average molecular weight is 467 g/mol. The van der Waals surface area contributed by atoms with Crippen LogP contribution in [-0.2, 0) is 4.79 Å². The Bertz CT molecular complexity index is 405. The zero-order chi connectivity index (χ0) is 24.1. The molecule has 0 aliphatic heterocycles. The van der Waals surface area contributed by atoms with Crippen molar-refractivity contribution >= 4 is 5.97 Å². The number of aliphatic hydroxyl groups excluding tert-OH is 1. The number of aliphatic carboxylic acids is 1. The maximum absolute atomic E-state index is 10.4. The SMILES string of the molecule is O=C(O)CCCCCCCCCCCCCCCCCCCC=CCCCCCCCCO. The molecule has 0 fully saturated rings. The topological polar surface area (TPSA) is 57.5 Å². The lowest BCUT2D eigenvalue weighted by molar-refractivity contribution is -0.137. The van der Waals surface area contributed by atoms with E-state index in [0.29, 0.717) is 13.0 Å². The predicted octanol–water partition coefficient (Wildman–Crippen LogP) is 9.76. The highest BCUT2D eigenvalue weighted by molar-refractivity contribution is 5.66. The van der Waals surface area contributed by atoms with Gasteiger partial charge in [0.15, 0.2) is 0 Å². The van der Waals surface area contributed by atoms with E-state index in [0.717, 1.165) is 19.3 Å². The second-order valence-corrected chi connectivity index (χ2v) is 10.0. The van der Waals surface area contributed by atoms with Gasteiger partial charge in [0.05, 0.1) is 0 Å². The molecule has 0 radical (unpaired) electrons. The van der Waals surface area contributed by atoms with Gasteiger partial charge >= 0.3 is 5.97 Å². The Morgan fingerprint density at radius 1 is 0.424 bits per heavy atom. The lowest BCUT2D eigenvalue weighted by Crippen LogP contribution is -1.93. The van der Waals surface area contributed by atoms with Gasteiger partial charge in [0, 0.05) is 13.0 Å². The second-order valence-electron chi connectivity index (χ2n) is 10.0. The van der Waals surface area contributed by atoms with Gasteiger partial charge in [0.2, 0.25) is 0 Å². The third-order valence-corrected chi connectivity index (χ3v) is 6.71. The van der Waals surface area contributed by atoms with E-state index in [9.17, 15) is 4.79 Å². The standard InChI is InChI=1S/C30H58O3/c31-29-27-25-23-21-19-17-15-13-11-9-7-5-3-1-2-4-6-8-10-12-14-16-18-20-22-24-26-28-30(32)33/h11,13,31H,1-10,12,14-29H2,(H,32,33). The first kappa shape index (κ1) is 32.2. The molecule has 0 unspecified atom stereocenters. The van der Waals surface area contributed by atoms with Crippen LogP contribution < -0.4 is 0 Å². The molecule has 0 rings (SSSR count). The van der Waals surface area contributed by atoms with Crippen LogP contribution in [0.25, 0.3) is 0 Å². The summed E-state index contributed by atoms with van der Waals surface area (Å²) in [6, 6.07) is 0. The summed E-state index contributed by atoms with van der Waals surface area (Å²) in [5.74, 6) is -0.655. The van der Waals surface area contributed by atoms with E-state index in [1.54, 1.807) is 0 Å². The summed E-state index contributed by atoms with van der Waals surface area (Å²) in [6.45, 7) is 0.353. The van der Waals surface area contributed by atoms with Crippen molar-refractivity contribution in [3.8, 4) is 0 Å². The van der Waals surface area contributed by atoms with Crippen LogP contribution in [0.2, 0.25) is 0 Å². The van der Waals surface area contributed by atoms with E-state index < -0.39 is 5.97 Å². The molecule has 0 bridgehead atoms. The molecule has 0 saturated heterocycles. The molecule has 3 heteroatoms. The number of carboxylic acid groups (broad SMARTS) is 1. The highest BCUT2D eigenvalue weighted by Gasteiger charge is 1.97. The third-order valence-electron chi connectivity index (χ3n) is 6.71. The molecule has 0 amide bonds. The van der Waals surface area contributed by atoms with E-state index in [4.69, 9.17) is 10.2 Å². The fraction of sp³-hybridized carbons (Fsp3) is 0.900. The molecule has 33 heavy (non-hydrogen) atoms. The molecule has 3 nitrogen and oxygen atoms in total. The quantitative estimate of drug-likeness (QED) is 0.0890. The van der Waals surface area contributed by atoms with E-state index in [2.05, 4.69) is 12.2 Å². The molecule has 0 aromatic rings. The van der Waals surface area contributed by atoms with E-state index in [-0.39, 0.29) is 0 Å². The van der Waals surface area contributed by atoms with Crippen molar-refractivity contribution in [1.29, 1.82) is 0 Å². The van der Waals surface area contributed by atoms with Gasteiger partial charge in [-0.2, -0.15) is 0 Å². The Morgan fingerprint density at radius 3 is 1.00 bits per heavy atom. The van der Waals surface area contributed by atoms with Gasteiger partial charge in [0.25, 0.3) is 0 Å². The third kappa shape index (κ3) is 31.2. The Balaban J connectivity index is 3.07. The van der Waals surface area contributed by atoms with E-state index in [1.165, 1.54) is 141 Å². The summed E-state index contributed by atoms with van der Waals surface area (Å²) < 4.78 is 0. The molecule has 0 heterocycles. The van der Waals surface area contributed by atoms with Crippen molar-refractivity contribution in [2.75, 3.05) is 6.61 Å². The van der Waals surface area contributed by atoms with Crippen LogP contribution in [0, 0.1) is 0 Å². The minimum absolute atomic E-state index is 0.340. The summed E-state index contributed by atoms with van der Waals surface area (Å²) in [7, 11) is 0. The first-order valence-corrected chi connectivity index (χ1v) is 14.7. The normalized spacial score (nSPS) is 11.5. The van der Waals surface area contributed by atoms with Gasteiger partial charge in [-0.1, -0.05) is 134 Å². The molecule has 196 valence electrons. The molecule has 0 spiro atoms. The molecule has 2 N–H and O–H groups in total. The fourth-order valence-corrected chi connectivity index (χ4v) is 4.51. The van der Waals surface area contributed by atoms with Crippen molar-refractivity contribution in [2.45, 2.75) is 167 Å². The van der Waals surface area contributed by atoms with Crippen molar-refractivity contribution in [2.24, 2.45) is 0 Å². The van der Waals surface area contributed by atoms with Crippen LogP contribution in [0.1, 0.15) is 167 Å². The average Bonchev–Trinajstić information content (AvgIpc) is 2.80. The van der Waals surface area contributed by atoms with Gasteiger partial charge in [-0.15, -0.1) is 0 Å². The van der Waals surface area contributed by atoms with Crippen LogP contribution in [0.3, 0.4) is 0 Å². The van der Waals surface area contributed by atoms with Crippen LogP contribution in [0.15, 0.2) is 12.2 Å². The van der Waals surface area contributed by atoms with Gasteiger partial charge in [-0.25, -0.2) is 0 Å². The summed E-state index contributed by atoms with van der Waals surface area (Å²) in [4.78, 5) is 10.4. The first-order valence-electron chi connectivity index (χ1n) is 14.7. The minimum Gasteiger partial charge on any atom is -0.481 e. The molecular formula is C30H58O3. The molecule has 0 atom stereocenters. The smallest absolute Gasteiger partial charge is 0.303 e. The number of carbonyl (C=O) groups is 1. The van der Waals surface area contributed by atoms with Crippen LogP contribution in [0.4, 0.5) is 0 Å². The first-order chi connectivity index (χ1) is 16.3. The molecule has 0 aliphatic carbocycles. The van der Waals surface area contributed by atoms with Crippen LogP contribution in [0.5, 0.6) is 0 Å². The van der Waals surface area contributed by atoms with Crippen molar-refractivity contribution in [3.63, 3.8) is 0 Å². The van der Waals surface area contributed by atoms with E-state index >= 15 is 0 Å². The molecule has 0 saturated carbocycles. The lowest BCUT2D eigenvalue weighted by Gasteiger charge is -2.03. The fourth-order valence-electron chi connectivity index (χ4n) is 4.51. The van der Waals surface area contributed by atoms with Gasteiger partial charge in [0.1, 0.15) is 0 Å².